The first-order valence-electron chi connectivity index (χ1n) is 15.5. The SMILES string of the molecule is O=C(c1ccc(F)cc1)[C@H]1[C@H](C(=O)OC(c2ccccc2)c2ccccc2)[C@@]2(C(=O)Nc3ccccc32)[C@H]2C=Cc3ccccc3N12. The van der Waals surface area contributed by atoms with Gasteiger partial charge >= 0.3 is 5.97 Å². The maximum absolute atomic E-state index is 15.1. The fraction of sp³-hybridized carbons (Fsp3) is 0.125. The molecule has 0 radical (unpaired) electrons. The van der Waals surface area contributed by atoms with Gasteiger partial charge in [-0.25, -0.2) is 4.39 Å². The van der Waals surface area contributed by atoms with Crippen molar-refractivity contribution in [3.63, 3.8) is 0 Å². The molecule has 7 heteroatoms. The summed E-state index contributed by atoms with van der Waals surface area (Å²) in [6, 6.07) is 37.2. The number of carbonyl (C=O) groups is 3. The molecule has 0 unspecified atom stereocenters. The lowest BCUT2D eigenvalue weighted by Crippen LogP contribution is -2.51. The van der Waals surface area contributed by atoms with E-state index in [4.69, 9.17) is 4.74 Å². The summed E-state index contributed by atoms with van der Waals surface area (Å²) in [7, 11) is 0. The first-order valence-corrected chi connectivity index (χ1v) is 15.5. The van der Waals surface area contributed by atoms with Gasteiger partial charge in [0.15, 0.2) is 11.9 Å². The van der Waals surface area contributed by atoms with Crippen molar-refractivity contribution in [2.75, 3.05) is 10.2 Å². The van der Waals surface area contributed by atoms with Gasteiger partial charge in [-0.1, -0.05) is 109 Å². The van der Waals surface area contributed by atoms with Crippen molar-refractivity contribution in [1.82, 2.24) is 0 Å². The lowest BCUT2D eigenvalue weighted by Gasteiger charge is -2.37. The normalized spacial score (nSPS) is 22.0. The molecule has 0 aromatic heterocycles. The second kappa shape index (κ2) is 11.2. The van der Waals surface area contributed by atoms with Gasteiger partial charge in [0, 0.05) is 16.9 Å². The number of para-hydroxylation sites is 2. The van der Waals surface area contributed by atoms with Gasteiger partial charge in [0.2, 0.25) is 5.91 Å². The first kappa shape index (κ1) is 28.6. The molecule has 230 valence electrons. The van der Waals surface area contributed by atoms with Crippen molar-refractivity contribution in [2.24, 2.45) is 5.92 Å². The van der Waals surface area contributed by atoms with Gasteiger partial charge in [-0.05, 0) is 58.7 Å². The lowest BCUT2D eigenvalue weighted by molar-refractivity contribution is -0.156. The number of ketones is 1. The largest absolute Gasteiger partial charge is 0.452 e. The molecular weight excluding hydrogens is 591 g/mol. The van der Waals surface area contributed by atoms with E-state index >= 15 is 4.79 Å². The molecule has 1 amide bonds. The fourth-order valence-electron chi connectivity index (χ4n) is 7.64. The Morgan fingerprint density at radius 3 is 2.09 bits per heavy atom. The van der Waals surface area contributed by atoms with E-state index in [1.54, 1.807) is 6.07 Å². The van der Waals surface area contributed by atoms with Gasteiger partial charge in [0.25, 0.3) is 0 Å². The van der Waals surface area contributed by atoms with Crippen LogP contribution in [0.5, 0.6) is 0 Å². The molecule has 0 aliphatic carbocycles. The van der Waals surface area contributed by atoms with Crippen molar-refractivity contribution in [3.8, 4) is 0 Å². The molecule has 1 spiro atoms. The molecule has 3 aliphatic rings. The number of esters is 1. The number of carbonyl (C=O) groups excluding carboxylic acids is 3. The minimum absolute atomic E-state index is 0.228. The highest BCUT2D eigenvalue weighted by molar-refractivity contribution is 6.15. The van der Waals surface area contributed by atoms with Crippen molar-refractivity contribution in [2.45, 2.75) is 23.6 Å². The number of hydrogen-bond acceptors (Lipinski definition) is 5. The Morgan fingerprint density at radius 2 is 1.38 bits per heavy atom. The highest BCUT2D eigenvalue weighted by Crippen LogP contribution is 2.58. The van der Waals surface area contributed by atoms with Crippen molar-refractivity contribution in [3.05, 3.63) is 173 Å². The lowest BCUT2D eigenvalue weighted by atomic mass is 9.66. The minimum Gasteiger partial charge on any atom is -0.452 e. The van der Waals surface area contributed by atoms with E-state index in [9.17, 15) is 14.0 Å². The van der Waals surface area contributed by atoms with Crippen LogP contribution in [0.1, 0.15) is 38.7 Å². The van der Waals surface area contributed by atoms with E-state index in [0.29, 0.717) is 11.3 Å². The summed E-state index contributed by atoms with van der Waals surface area (Å²) in [5.74, 6) is -3.24. The summed E-state index contributed by atoms with van der Waals surface area (Å²) in [5.41, 5.74) is 2.98. The first-order chi connectivity index (χ1) is 23.0. The van der Waals surface area contributed by atoms with Crippen LogP contribution < -0.4 is 10.2 Å². The molecule has 8 rings (SSSR count). The fourth-order valence-corrected chi connectivity index (χ4v) is 7.64. The molecule has 3 heterocycles. The molecule has 47 heavy (non-hydrogen) atoms. The van der Waals surface area contributed by atoms with E-state index in [0.717, 1.165) is 22.4 Å². The summed E-state index contributed by atoms with van der Waals surface area (Å²) >= 11 is 0. The predicted molar refractivity (Wildman–Crippen MR) is 177 cm³/mol. The Hall–Kier alpha value is -5.82. The molecule has 4 atom stereocenters. The Labute approximate surface area is 271 Å². The van der Waals surface area contributed by atoms with Crippen LogP contribution in [-0.2, 0) is 19.7 Å². The van der Waals surface area contributed by atoms with E-state index in [1.165, 1.54) is 24.3 Å². The second-order valence-corrected chi connectivity index (χ2v) is 12.1. The molecule has 3 aliphatic heterocycles. The number of nitrogens with zero attached hydrogens (tertiary/aromatic N) is 1. The zero-order valence-electron chi connectivity index (χ0n) is 25.1. The summed E-state index contributed by atoms with van der Waals surface area (Å²) in [6.45, 7) is 0. The third-order valence-corrected chi connectivity index (χ3v) is 9.63. The summed E-state index contributed by atoms with van der Waals surface area (Å²) < 4.78 is 20.6. The molecule has 5 aromatic carbocycles. The summed E-state index contributed by atoms with van der Waals surface area (Å²) in [4.78, 5) is 46.4. The number of nitrogens with one attached hydrogen (secondary N) is 1. The molecule has 6 nitrogen and oxygen atoms in total. The van der Waals surface area contributed by atoms with Crippen LogP contribution in [0.15, 0.2) is 140 Å². The number of amides is 1. The third kappa shape index (κ3) is 4.41. The van der Waals surface area contributed by atoms with Crippen LogP contribution >= 0.6 is 0 Å². The Bertz CT molecular complexity index is 2010. The van der Waals surface area contributed by atoms with E-state index in [2.05, 4.69) is 5.32 Å². The molecule has 1 saturated heterocycles. The molecular formula is C40H29FN2O4. The molecule has 0 saturated carbocycles. The Balaban J connectivity index is 1.36. The molecule has 1 N–H and O–H groups in total. The number of rotatable bonds is 6. The second-order valence-electron chi connectivity index (χ2n) is 12.1. The van der Waals surface area contributed by atoms with Gasteiger partial charge in [0.05, 0.1) is 6.04 Å². The highest BCUT2D eigenvalue weighted by atomic mass is 19.1. The number of ether oxygens (including phenoxy) is 1. The van der Waals surface area contributed by atoms with E-state index in [1.807, 2.05) is 120 Å². The van der Waals surface area contributed by atoms with Crippen molar-refractivity contribution < 1.29 is 23.5 Å². The maximum atomic E-state index is 15.1. The Morgan fingerprint density at radius 1 is 0.766 bits per heavy atom. The van der Waals surface area contributed by atoms with Crippen LogP contribution in [0.2, 0.25) is 0 Å². The van der Waals surface area contributed by atoms with Crippen molar-refractivity contribution in [1.29, 1.82) is 0 Å². The van der Waals surface area contributed by atoms with Gasteiger partial charge in [0.1, 0.15) is 23.2 Å². The number of hydrogen-bond donors (Lipinski definition) is 1. The van der Waals surface area contributed by atoms with Gasteiger partial charge in [-0.15, -0.1) is 0 Å². The van der Waals surface area contributed by atoms with E-state index < -0.39 is 47.1 Å². The number of anilines is 2. The average molecular weight is 621 g/mol. The number of benzene rings is 5. The standard InChI is InChI=1S/C40H29FN2O4/c41-29-22-19-26(20-23-29)36(44)35-34(38(45)47-37(27-12-3-1-4-13-27)28-14-5-2-6-15-28)40(30-16-8-9-17-31(30)42-39(40)46)33-24-21-25-11-7-10-18-32(25)43(33)35/h1-24,33-35,37H,(H,42,46)/t33-,34-,35-,40+/m1/s1. The van der Waals surface area contributed by atoms with E-state index in [-0.39, 0.29) is 11.5 Å². The van der Waals surface area contributed by atoms with Crippen LogP contribution in [0, 0.1) is 11.7 Å². The van der Waals surface area contributed by atoms with Crippen molar-refractivity contribution >= 4 is 35.1 Å². The monoisotopic (exact) mass is 620 g/mol. The number of halogens is 1. The Kier molecular flexibility index (Phi) is 6.83. The van der Waals surface area contributed by atoms with Gasteiger partial charge < -0.3 is 15.0 Å². The quantitative estimate of drug-likeness (QED) is 0.162. The zero-order valence-corrected chi connectivity index (χ0v) is 25.1. The summed E-state index contributed by atoms with van der Waals surface area (Å²) in [5, 5.41) is 3.03. The zero-order chi connectivity index (χ0) is 32.1. The molecule has 5 aromatic rings. The molecule has 0 bridgehead atoms. The summed E-state index contributed by atoms with van der Waals surface area (Å²) in [6.07, 6.45) is 3.05. The van der Waals surface area contributed by atoms with Gasteiger partial charge in [-0.3, -0.25) is 14.4 Å². The number of Topliss-reactive ketones (excluding diaryl/α,β-unsaturated/α-hetero) is 1. The maximum Gasteiger partial charge on any atom is 0.314 e. The average Bonchev–Trinajstić information content (AvgIpc) is 3.60. The predicted octanol–water partition coefficient (Wildman–Crippen LogP) is 7.13. The number of fused-ring (bicyclic) bond motifs is 6. The minimum atomic E-state index is -1.52. The van der Waals surface area contributed by atoms with Gasteiger partial charge in [-0.2, -0.15) is 0 Å². The smallest absolute Gasteiger partial charge is 0.314 e. The van der Waals surface area contributed by atoms with Crippen LogP contribution in [0.25, 0.3) is 6.08 Å². The highest BCUT2D eigenvalue weighted by Gasteiger charge is 2.71. The molecule has 1 fully saturated rings. The third-order valence-electron chi connectivity index (χ3n) is 9.63. The van der Waals surface area contributed by atoms with Crippen LogP contribution in [0.4, 0.5) is 15.8 Å². The van der Waals surface area contributed by atoms with Crippen LogP contribution in [-0.4, -0.2) is 29.7 Å². The topological polar surface area (TPSA) is 75.7 Å². The van der Waals surface area contributed by atoms with Crippen LogP contribution in [0.3, 0.4) is 0 Å².